The molecule has 0 aliphatic carbocycles. The summed E-state index contributed by atoms with van der Waals surface area (Å²) >= 11 is 0. The van der Waals surface area contributed by atoms with Crippen LogP contribution in [0, 0.1) is 0 Å². The molecule has 1 aromatic carbocycles. The average molecular weight is 293 g/mol. The van der Waals surface area contributed by atoms with Gasteiger partial charge in [0.1, 0.15) is 6.61 Å². The van der Waals surface area contributed by atoms with Crippen LogP contribution < -0.4 is 0 Å². The molecule has 1 atom stereocenters. The summed E-state index contributed by atoms with van der Waals surface area (Å²) in [6.45, 7) is 3.80. The van der Waals surface area contributed by atoms with E-state index in [1.54, 1.807) is 0 Å². The van der Waals surface area contributed by atoms with Crippen molar-refractivity contribution in [3.63, 3.8) is 0 Å². The normalized spacial score (nSPS) is 20.1. The first-order chi connectivity index (χ1) is 9.97. The second-order valence-corrected chi connectivity index (χ2v) is 5.82. The van der Waals surface area contributed by atoms with Gasteiger partial charge in [0.25, 0.3) is 0 Å². The van der Waals surface area contributed by atoms with Crippen molar-refractivity contribution in [1.29, 1.82) is 0 Å². The van der Waals surface area contributed by atoms with Crippen molar-refractivity contribution in [3.05, 3.63) is 35.9 Å². The molecule has 0 amide bonds. The zero-order valence-corrected chi connectivity index (χ0v) is 12.4. The Kier molecular flexibility index (Phi) is 5.33. The number of nitrogens with zero attached hydrogens (tertiary/aromatic N) is 1. The summed E-state index contributed by atoms with van der Waals surface area (Å²) in [5.41, 5.74) is 0.0324. The van der Waals surface area contributed by atoms with Crippen LogP contribution in [0.4, 0.5) is 0 Å². The van der Waals surface area contributed by atoms with Crippen molar-refractivity contribution in [1.82, 2.24) is 4.90 Å². The van der Waals surface area contributed by atoms with E-state index >= 15 is 0 Å². The molecule has 116 valence electrons. The monoisotopic (exact) mass is 293 g/mol. The Bertz CT molecular complexity index is 453. The van der Waals surface area contributed by atoms with E-state index in [0.717, 1.165) is 31.5 Å². The van der Waals surface area contributed by atoms with E-state index in [0.29, 0.717) is 6.54 Å². The Hall–Kier alpha value is -1.43. The summed E-state index contributed by atoms with van der Waals surface area (Å²) in [6, 6.07) is 9.65. The third kappa shape index (κ3) is 4.81. The van der Waals surface area contributed by atoms with Gasteiger partial charge in [0.2, 0.25) is 0 Å². The van der Waals surface area contributed by atoms with Gasteiger partial charge in [-0.1, -0.05) is 30.3 Å². The van der Waals surface area contributed by atoms with Crippen molar-refractivity contribution in [3.8, 4) is 0 Å². The predicted molar refractivity (Wildman–Crippen MR) is 79.1 cm³/mol. The van der Waals surface area contributed by atoms with Crippen LogP contribution in [0.15, 0.2) is 30.3 Å². The third-order valence-corrected chi connectivity index (χ3v) is 3.90. The quantitative estimate of drug-likeness (QED) is 0.831. The largest absolute Gasteiger partial charge is 0.480 e. The van der Waals surface area contributed by atoms with Gasteiger partial charge in [-0.3, -0.25) is 4.90 Å². The number of benzene rings is 1. The van der Waals surface area contributed by atoms with E-state index in [9.17, 15) is 9.90 Å². The minimum Gasteiger partial charge on any atom is -0.480 e. The van der Waals surface area contributed by atoms with Crippen LogP contribution in [0.25, 0.3) is 0 Å². The van der Waals surface area contributed by atoms with Crippen LogP contribution in [-0.2, 0) is 15.1 Å². The summed E-state index contributed by atoms with van der Waals surface area (Å²) < 4.78 is 5.32. The number of β-amino-alcohol motifs (C(OH)–C–C–N with tert-alkyl or cyclic N) is 1. The second-order valence-electron chi connectivity index (χ2n) is 5.82. The topological polar surface area (TPSA) is 70.0 Å². The van der Waals surface area contributed by atoms with E-state index < -0.39 is 11.6 Å². The molecule has 1 heterocycles. The maximum absolute atomic E-state index is 10.6. The van der Waals surface area contributed by atoms with E-state index in [-0.39, 0.29) is 12.7 Å². The number of hydrogen-bond acceptors (Lipinski definition) is 4. The highest BCUT2D eigenvalue weighted by Gasteiger charge is 2.29. The molecule has 2 N–H and O–H groups in total. The minimum atomic E-state index is -0.926. The number of hydrogen-bond donors (Lipinski definition) is 2. The zero-order chi connectivity index (χ0) is 15.3. The predicted octanol–water partition coefficient (Wildman–Crippen LogP) is 1.46. The molecule has 21 heavy (non-hydrogen) atoms. The number of ether oxygens (including phenoxy) is 1. The molecular formula is C16H23NO4. The van der Waals surface area contributed by atoms with Gasteiger partial charge in [-0.2, -0.15) is 0 Å². The number of piperidine rings is 1. The Morgan fingerprint density at radius 3 is 2.52 bits per heavy atom. The van der Waals surface area contributed by atoms with Gasteiger partial charge in [0, 0.05) is 19.6 Å². The number of aliphatic hydroxyl groups is 1. The van der Waals surface area contributed by atoms with Crippen molar-refractivity contribution in [2.45, 2.75) is 31.5 Å². The van der Waals surface area contributed by atoms with Crippen molar-refractivity contribution >= 4 is 5.97 Å². The summed E-state index contributed by atoms with van der Waals surface area (Å²) in [4.78, 5) is 12.7. The van der Waals surface area contributed by atoms with Gasteiger partial charge < -0.3 is 14.9 Å². The van der Waals surface area contributed by atoms with Crippen LogP contribution in [0.2, 0.25) is 0 Å². The number of carboxylic acids is 1. The molecule has 1 saturated heterocycles. The van der Waals surface area contributed by atoms with Gasteiger partial charge in [-0.15, -0.1) is 0 Å². The molecule has 0 spiro atoms. The fourth-order valence-electron chi connectivity index (χ4n) is 2.75. The molecular weight excluding hydrogens is 270 g/mol. The first-order valence-corrected chi connectivity index (χ1v) is 7.31. The number of likely N-dealkylation sites (tertiary alicyclic amines) is 1. The van der Waals surface area contributed by atoms with Crippen LogP contribution in [-0.4, -0.2) is 53.4 Å². The lowest BCUT2D eigenvalue weighted by Gasteiger charge is -2.36. The maximum Gasteiger partial charge on any atom is 0.329 e. The van der Waals surface area contributed by atoms with Gasteiger partial charge >= 0.3 is 5.97 Å². The number of carbonyl (C=O) groups is 1. The summed E-state index contributed by atoms with van der Waals surface area (Å²) in [7, 11) is 0. The Morgan fingerprint density at radius 1 is 1.33 bits per heavy atom. The summed E-state index contributed by atoms with van der Waals surface area (Å²) in [6.07, 6.45) is 1.62. The summed E-state index contributed by atoms with van der Waals surface area (Å²) in [5.74, 6) is -0.926. The lowest BCUT2D eigenvalue weighted by Crippen LogP contribution is -2.44. The van der Waals surface area contributed by atoms with Crippen molar-refractivity contribution in [2.24, 2.45) is 0 Å². The smallest absolute Gasteiger partial charge is 0.329 e. The van der Waals surface area contributed by atoms with E-state index in [4.69, 9.17) is 9.84 Å². The molecule has 1 fully saturated rings. The number of rotatable bonds is 6. The van der Waals surface area contributed by atoms with Crippen molar-refractivity contribution < 1.29 is 19.7 Å². The van der Waals surface area contributed by atoms with E-state index in [1.165, 1.54) is 0 Å². The van der Waals surface area contributed by atoms with E-state index in [2.05, 4.69) is 4.90 Å². The Balaban J connectivity index is 1.82. The molecule has 5 heteroatoms. The Morgan fingerprint density at radius 2 is 1.95 bits per heavy atom. The van der Waals surface area contributed by atoms with Gasteiger partial charge in [-0.25, -0.2) is 4.79 Å². The zero-order valence-electron chi connectivity index (χ0n) is 12.4. The average Bonchev–Trinajstić information content (AvgIpc) is 2.47. The third-order valence-electron chi connectivity index (χ3n) is 3.90. The molecule has 0 aromatic heterocycles. The molecule has 0 bridgehead atoms. The first-order valence-electron chi connectivity index (χ1n) is 7.31. The molecule has 5 nitrogen and oxygen atoms in total. The van der Waals surface area contributed by atoms with Crippen LogP contribution in [0.3, 0.4) is 0 Å². The van der Waals surface area contributed by atoms with Gasteiger partial charge in [0.15, 0.2) is 0 Å². The molecule has 1 aliphatic heterocycles. The van der Waals surface area contributed by atoms with Gasteiger partial charge in [0.05, 0.1) is 11.7 Å². The van der Waals surface area contributed by atoms with Gasteiger partial charge in [-0.05, 0) is 25.3 Å². The van der Waals surface area contributed by atoms with E-state index in [1.807, 2.05) is 37.3 Å². The highest BCUT2D eigenvalue weighted by molar-refractivity contribution is 5.68. The second kappa shape index (κ2) is 7.02. The summed E-state index contributed by atoms with van der Waals surface area (Å²) in [5, 5.41) is 19.2. The molecule has 0 saturated carbocycles. The minimum absolute atomic E-state index is 0.0130. The molecule has 1 unspecified atom stereocenters. The van der Waals surface area contributed by atoms with Crippen LogP contribution in [0.5, 0.6) is 0 Å². The SMILES string of the molecule is CC(O)(CN1CCC(OCC(=O)O)CC1)c1ccccc1. The van der Waals surface area contributed by atoms with Crippen LogP contribution in [0.1, 0.15) is 25.3 Å². The Labute approximate surface area is 125 Å². The first kappa shape index (κ1) is 15.9. The fourth-order valence-corrected chi connectivity index (χ4v) is 2.75. The molecule has 1 aromatic rings. The van der Waals surface area contributed by atoms with Crippen LogP contribution >= 0.6 is 0 Å². The van der Waals surface area contributed by atoms with Crippen molar-refractivity contribution in [2.75, 3.05) is 26.2 Å². The lowest BCUT2D eigenvalue weighted by molar-refractivity contribution is -0.145. The maximum atomic E-state index is 10.6. The molecule has 0 radical (unpaired) electrons. The molecule has 2 rings (SSSR count). The lowest BCUT2D eigenvalue weighted by atomic mass is 9.94. The fraction of sp³-hybridized carbons (Fsp3) is 0.562. The standard InChI is InChI=1S/C16H23NO4/c1-16(20,13-5-3-2-4-6-13)12-17-9-7-14(8-10-17)21-11-15(18)19/h2-6,14,20H,7-12H2,1H3,(H,18,19). The number of carboxylic acid groups (broad SMARTS) is 1. The molecule has 1 aliphatic rings. The highest BCUT2D eigenvalue weighted by atomic mass is 16.5. The highest BCUT2D eigenvalue weighted by Crippen LogP contribution is 2.24. The number of aliphatic carboxylic acids is 1.